The first kappa shape index (κ1) is 12.5. The molecule has 0 unspecified atom stereocenters. The number of anilines is 1. The number of carbonyl (C=O) groups is 1. The molecule has 0 fully saturated rings. The van der Waals surface area contributed by atoms with Gasteiger partial charge in [0, 0.05) is 12.1 Å². The van der Waals surface area contributed by atoms with Crippen LogP contribution in [0.25, 0.3) is 0 Å². The zero-order valence-corrected chi connectivity index (χ0v) is 9.75. The molecule has 0 aromatic heterocycles. The number of carbonyl (C=O) groups excluding carboxylic acids is 1. The number of aryl methyl sites for hydroxylation is 1. The van der Waals surface area contributed by atoms with Gasteiger partial charge in [-0.2, -0.15) is 0 Å². The summed E-state index contributed by atoms with van der Waals surface area (Å²) in [5.41, 5.74) is 7.10. The minimum Gasteiger partial charge on any atom is -0.399 e. The van der Waals surface area contributed by atoms with Crippen LogP contribution in [-0.4, -0.2) is 20.6 Å². The Hall–Kier alpha value is -1.56. The lowest BCUT2D eigenvalue weighted by atomic mass is 10.1. The number of sulfonamides is 1. The van der Waals surface area contributed by atoms with Crippen LogP contribution in [-0.2, 0) is 21.2 Å². The molecule has 0 spiro atoms. The highest BCUT2D eigenvalue weighted by molar-refractivity contribution is 7.89. The van der Waals surface area contributed by atoms with Gasteiger partial charge in [0.05, 0.1) is 6.26 Å². The van der Waals surface area contributed by atoms with Crippen LogP contribution in [0, 0.1) is 0 Å². The van der Waals surface area contributed by atoms with Gasteiger partial charge in [-0.3, -0.25) is 9.52 Å². The Labute approximate surface area is 94.7 Å². The van der Waals surface area contributed by atoms with E-state index in [-0.39, 0.29) is 6.42 Å². The summed E-state index contributed by atoms with van der Waals surface area (Å²) < 4.78 is 23.4. The Morgan fingerprint density at radius 1 is 1.44 bits per heavy atom. The van der Waals surface area contributed by atoms with Crippen molar-refractivity contribution in [2.45, 2.75) is 12.8 Å². The standard InChI is InChI=1S/C10H14N2O3S/c1-16(14,15)12-10(13)6-5-8-3-2-4-9(11)7-8/h2-4,7H,5-6,11H2,1H3,(H,12,13). The second-order valence-corrected chi connectivity index (χ2v) is 5.29. The molecular weight excluding hydrogens is 228 g/mol. The van der Waals surface area contributed by atoms with Gasteiger partial charge in [-0.05, 0) is 24.1 Å². The number of nitrogens with two attached hydrogens (primary N) is 1. The minimum atomic E-state index is -3.46. The van der Waals surface area contributed by atoms with Gasteiger partial charge in [0.15, 0.2) is 0 Å². The largest absolute Gasteiger partial charge is 0.399 e. The molecule has 0 aliphatic carbocycles. The van der Waals surface area contributed by atoms with Crippen LogP contribution in [0.5, 0.6) is 0 Å². The molecule has 1 rings (SSSR count). The maximum Gasteiger partial charge on any atom is 0.233 e. The van der Waals surface area contributed by atoms with E-state index in [0.717, 1.165) is 11.8 Å². The first-order valence-electron chi connectivity index (χ1n) is 4.72. The van der Waals surface area contributed by atoms with E-state index in [4.69, 9.17) is 5.73 Å². The highest BCUT2D eigenvalue weighted by Crippen LogP contribution is 2.08. The van der Waals surface area contributed by atoms with Crippen LogP contribution in [0.2, 0.25) is 0 Å². The van der Waals surface area contributed by atoms with E-state index in [0.29, 0.717) is 12.1 Å². The number of hydrogen-bond donors (Lipinski definition) is 2. The number of hydrogen-bond acceptors (Lipinski definition) is 4. The van der Waals surface area contributed by atoms with Gasteiger partial charge in [0.25, 0.3) is 0 Å². The fraction of sp³-hybridized carbons (Fsp3) is 0.300. The molecule has 0 aliphatic heterocycles. The summed E-state index contributed by atoms with van der Waals surface area (Å²) in [6, 6.07) is 7.14. The van der Waals surface area contributed by atoms with Gasteiger partial charge in [0.1, 0.15) is 0 Å². The van der Waals surface area contributed by atoms with Crippen LogP contribution in [0.1, 0.15) is 12.0 Å². The summed E-state index contributed by atoms with van der Waals surface area (Å²) in [5, 5.41) is 0. The maximum atomic E-state index is 11.2. The van der Waals surface area contributed by atoms with E-state index < -0.39 is 15.9 Å². The van der Waals surface area contributed by atoms with E-state index in [2.05, 4.69) is 0 Å². The number of benzene rings is 1. The first-order chi connectivity index (χ1) is 7.37. The Morgan fingerprint density at radius 3 is 2.69 bits per heavy atom. The smallest absolute Gasteiger partial charge is 0.233 e. The fourth-order valence-corrected chi connectivity index (χ4v) is 1.78. The summed E-state index contributed by atoms with van der Waals surface area (Å²) in [4.78, 5) is 11.2. The summed E-state index contributed by atoms with van der Waals surface area (Å²) >= 11 is 0. The van der Waals surface area contributed by atoms with Crippen molar-refractivity contribution < 1.29 is 13.2 Å². The average Bonchev–Trinajstić information content (AvgIpc) is 2.12. The summed E-state index contributed by atoms with van der Waals surface area (Å²) in [7, 11) is -3.46. The summed E-state index contributed by atoms with van der Waals surface area (Å²) in [6.45, 7) is 0. The predicted octanol–water partition coefficient (Wildman–Crippen LogP) is 0.277. The molecule has 1 aromatic rings. The summed E-state index contributed by atoms with van der Waals surface area (Å²) in [5.74, 6) is -0.509. The van der Waals surface area contributed by atoms with Gasteiger partial charge >= 0.3 is 0 Å². The van der Waals surface area contributed by atoms with Gasteiger partial charge in [-0.25, -0.2) is 8.42 Å². The second-order valence-electron chi connectivity index (χ2n) is 3.54. The van der Waals surface area contributed by atoms with Gasteiger partial charge in [0.2, 0.25) is 15.9 Å². The number of amides is 1. The Morgan fingerprint density at radius 2 is 2.12 bits per heavy atom. The van der Waals surface area contributed by atoms with Gasteiger partial charge in [-0.1, -0.05) is 12.1 Å². The number of nitrogens with one attached hydrogen (secondary N) is 1. The van der Waals surface area contributed by atoms with Crippen molar-refractivity contribution in [3.8, 4) is 0 Å². The lowest BCUT2D eigenvalue weighted by Crippen LogP contribution is -2.29. The second kappa shape index (κ2) is 4.98. The van der Waals surface area contributed by atoms with Crippen molar-refractivity contribution in [1.29, 1.82) is 0 Å². The van der Waals surface area contributed by atoms with Crippen LogP contribution in [0.15, 0.2) is 24.3 Å². The lowest BCUT2D eigenvalue weighted by Gasteiger charge is -2.03. The quantitative estimate of drug-likeness (QED) is 0.742. The molecule has 0 aliphatic rings. The van der Waals surface area contributed by atoms with Crippen molar-refractivity contribution in [3.05, 3.63) is 29.8 Å². The molecule has 0 radical (unpaired) electrons. The molecule has 3 N–H and O–H groups in total. The molecule has 0 saturated heterocycles. The Kier molecular flexibility index (Phi) is 3.89. The third-order valence-corrected chi connectivity index (χ3v) is 2.49. The minimum absolute atomic E-state index is 0.122. The van der Waals surface area contributed by atoms with E-state index in [9.17, 15) is 13.2 Å². The van der Waals surface area contributed by atoms with E-state index in [1.807, 2.05) is 10.8 Å². The topological polar surface area (TPSA) is 89.3 Å². The molecule has 16 heavy (non-hydrogen) atoms. The molecule has 1 aromatic carbocycles. The monoisotopic (exact) mass is 242 g/mol. The van der Waals surface area contributed by atoms with Gasteiger partial charge < -0.3 is 5.73 Å². The average molecular weight is 242 g/mol. The lowest BCUT2D eigenvalue weighted by molar-refractivity contribution is -0.119. The molecule has 5 nitrogen and oxygen atoms in total. The highest BCUT2D eigenvalue weighted by atomic mass is 32.2. The molecule has 0 saturated carbocycles. The molecular formula is C10H14N2O3S. The van der Waals surface area contributed by atoms with Crippen molar-refractivity contribution in [1.82, 2.24) is 4.72 Å². The first-order valence-corrected chi connectivity index (χ1v) is 6.61. The highest BCUT2D eigenvalue weighted by Gasteiger charge is 2.08. The number of nitrogen functional groups attached to an aromatic ring is 1. The third kappa shape index (κ3) is 4.79. The third-order valence-electron chi connectivity index (χ3n) is 1.89. The van der Waals surface area contributed by atoms with Gasteiger partial charge in [-0.15, -0.1) is 0 Å². The maximum absolute atomic E-state index is 11.2. The molecule has 88 valence electrons. The zero-order chi connectivity index (χ0) is 12.2. The SMILES string of the molecule is CS(=O)(=O)NC(=O)CCc1cccc(N)c1. The van der Waals surface area contributed by atoms with Crippen molar-refractivity contribution >= 4 is 21.6 Å². The molecule has 0 heterocycles. The summed E-state index contributed by atoms with van der Waals surface area (Å²) in [6.07, 6.45) is 1.54. The van der Waals surface area contributed by atoms with Crippen LogP contribution in [0.4, 0.5) is 5.69 Å². The number of rotatable bonds is 4. The van der Waals surface area contributed by atoms with Crippen molar-refractivity contribution in [2.75, 3.05) is 12.0 Å². The van der Waals surface area contributed by atoms with Crippen molar-refractivity contribution in [2.24, 2.45) is 0 Å². The van der Waals surface area contributed by atoms with Crippen LogP contribution < -0.4 is 10.5 Å². The van der Waals surface area contributed by atoms with E-state index in [1.54, 1.807) is 18.2 Å². The van der Waals surface area contributed by atoms with Crippen LogP contribution >= 0.6 is 0 Å². The molecule has 0 bridgehead atoms. The van der Waals surface area contributed by atoms with Crippen molar-refractivity contribution in [3.63, 3.8) is 0 Å². The fourth-order valence-electron chi connectivity index (χ4n) is 1.26. The normalized spacial score (nSPS) is 11.1. The molecule has 1 amide bonds. The molecule has 6 heteroatoms. The Balaban J connectivity index is 2.49. The van der Waals surface area contributed by atoms with E-state index >= 15 is 0 Å². The predicted molar refractivity (Wildman–Crippen MR) is 62.2 cm³/mol. The van der Waals surface area contributed by atoms with E-state index in [1.165, 1.54) is 0 Å². The zero-order valence-electron chi connectivity index (χ0n) is 8.93. The Bertz CT molecular complexity index is 483. The van der Waals surface area contributed by atoms with Crippen LogP contribution in [0.3, 0.4) is 0 Å². The molecule has 0 atom stereocenters.